The summed E-state index contributed by atoms with van der Waals surface area (Å²) >= 11 is 0. The molecule has 5 rings (SSSR count). The molecule has 0 aromatic heterocycles. The standard InChI is InChI=1S/C33H41F3N2O4/c1-5-41-30(39)24-8-6-7-23(15-24)28-12-14-37(18-22(28)4)27-11-13-32(17-27,21(2)3)31(40)38-19-25-16-26(33(34,35)36)9-10-29(25)42-20-38/h6-10,15-16,21-22,27-28H,5,11-14,17-20H2,1-4H3/t22?,27-,28?,32+/m1/s1. The van der Waals surface area contributed by atoms with Gasteiger partial charge in [-0.25, -0.2) is 4.79 Å². The van der Waals surface area contributed by atoms with Crippen molar-refractivity contribution in [3.63, 3.8) is 0 Å². The number of hydrogen-bond acceptors (Lipinski definition) is 5. The molecule has 42 heavy (non-hydrogen) atoms. The van der Waals surface area contributed by atoms with E-state index < -0.39 is 17.2 Å². The zero-order valence-corrected chi connectivity index (χ0v) is 24.9. The fraction of sp³-hybridized carbons (Fsp3) is 0.576. The van der Waals surface area contributed by atoms with Crippen LogP contribution in [0.15, 0.2) is 42.5 Å². The molecule has 0 spiro atoms. The molecule has 9 heteroatoms. The molecule has 4 atom stereocenters. The summed E-state index contributed by atoms with van der Waals surface area (Å²) in [5.74, 6) is 0.866. The van der Waals surface area contributed by atoms with Crippen molar-refractivity contribution in [2.24, 2.45) is 17.3 Å². The van der Waals surface area contributed by atoms with Crippen LogP contribution in [-0.2, 0) is 22.3 Å². The Morgan fingerprint density at radius 2 is 1.93 bits per heavy atom. The number of carbonyl (C=O) groups excluding carboxylic acids is 2. The zero-order chi connectivity index (χ0) is 30.2. The lowest BCUT2D eigenvalue weighted by atomic mass is 9.74. The number of carbonyl (C=O) groups is 2. The number of benzene rings is 2. The summed E-state index contributed by atoms with van der Waals surface area (Å²) in [6.07, 6.45) is -1.11. The van der Waals surface area contributed by atoms with Crippen molar-refractivity contribution >= 4 is 11.9 Å². The second-order valence-corrected chi connectivity index (χ2v) is 12.5. The molecule has 3 aliphatic rings. The van der Waals surface area contributed by atoms with Gasteiger partial charge in [-0.05, 0) is 92.8 Å². The highest BCUT2D eigenvalue weighted by Crippen LogP contribution is 2.49. The van der Waals surface area contributed by atoms with E-state index in [-0.39, 0.29) is 37.1 Å². The van der Waals surface area contributed by atoms with Gasteiger partial charge in [0.15, 0.2) is 6.73 Å². The quantitative estimate of drug-likeness (QED) is 0.346. The largest absolute Gasteiger partial charge is 0.473 e. The fourth-order valence-electron chi connectivity index (χ4n) is 7.31. The molecule has 2 aromatic carbocycles. The van der Waals surface area contributed by atoms with Crippen molar-refractivity contribution in [1.29, 1.82) is 0 Å². The lowest BCUT2D eigenvalue weighted by molar-refractivity contribution is -0.150. The highest BCUT2D eigenvalue weighted by molar-refractivity contribution is 5.89. The maximum atomic E-state index is 14.1. The first-order chi connectivity index (χ1) is 19.9. The molecule has 0 bridgehead atoms. The van der Waals surface area contributed by atoms with Crippen LogP contribution in [0.5, 0.6) is 5.75 Å². The predicted octanol–water partition coefficient (Wildman–Crippen LogP) is 6.88. The molecule has 1 amide bonds. The molecule has 1 saturated carbocycles. The van der Waals surface area contributed by atoms with Crippen LogP contribution in [0.3, 0.4) is 0 Å². The van der Waals surface area contributed by atoms with Crippen LogP contribution in [0, 0.1) is 17.3 Å². The molecule has 2 fully saturated rings. The maximum absolute atomic E-state index is 14.1. The third-order valence-corrected chi connectivity index (χ3v) is 9.75. The number of alkyl halides is 3. The van der Waals surface area contributed by atoms with Gasteiger partial charge in [0.2, 0.25) is 5.91 Å². The smallest absolute Gasteiger partial charge is 0.416 e. The Hall–Kier alpha value is -3.07. The van der Waals surface area contributed by atoms with E-state index in [1.807, 2.05) is 12.1 Å². The SMILES string of the molecule is CCOC(=O)c1cccc(C2CCN([C@@H]3CC[C@@](C(=O)N4COc5ccc(C(F)(F)F)cc5C4)(C(C)C)C3)CC2C)c1. The lowest BCUT2D eigenvalue weighted by Gasteiger charge is -2.42. The van der Waals surface area contributed by atoms with Gasteiger partial charge in [0.25, 0.3) is 0 Å². The van der Waals surface area contributed by atoms with Crippen LogP contribution in [0.2, 0.25) is 0 Å². The van der Waals surface area contributed by atoms with E-state index in [0.717, 1.165) is 56.5 Å². The summed E-state index contributed by atoms with van der Waals surface area (Å²) in [7, 11) is 0. The number of nitrogens with zero attached hydrogens (tertiary/aromatic N) is 2. The number of rotatable bonds is 6. The molecular weight excluding hydrogens is 545 g/mol. The van der Waals surface area contributed by atoms with Crippen LogP contribution in [0.4, 0.5) is 13.2 Å². The first-order valence-corrected chi connectivity index (χ1v) is 15.1. The summed E-state index contributed by atoms with van der Waals surface area (Å²) in [6, 6.07) is 11.5. The van der Waals surface area contributed by atoms with Crippen molar-refractivity contribution in [2.45, 2.75) is 78.1 Å². The molecule has 6 nitrogen and oxygen atoms in total. The normalized spacial score (nSPS) is 26.6. The van der Waals surface area contributed by atoms with Gasteiger partial charge in [0.05, 0.1) is 29.7 Å². The second kappa shape index (κ2) is 11.9. The summed E-state index contributed by atoms with van der Waals surface area (Å²) in [5.41, 5.74) is 0.815. The molecule has 228 valence electrons. The molecule has 1 saturated heterocycles. The Bertz CT molecular complexity index is 1310. The average Bonchev–Trinajstić information content (AvgIpc) is 3.43. The Morgan fingerprint density at radius 3 is 2.62 bits per heavy atom. The number of likely N-dealkylation sites (tertiary alicyclic amines) is 1. The van der Waals surface area contributed by atoms with Crippen LogP contribution in [0.1, 0.15) is 86.3 Å². The van der Waals surface area contributed by atoms with Crippen molar-refractivity contribution in [3.05, 3.63) is 64.7 Å². The molecule has 1 aliphatic carbocycles. The first kappa shape index (κ1) is 30.4. The van der Waals surface area contributed by atoms with Crippen molar-refractivity contribution in [3.8, 4) is 5.75 Å². The van der Waals surface area contributed by atoms with Crippen LogP contribution in [-0.4, -0.2) is 54.1 Å². The molecule has 2 heterocycles. The predicted molar refractivity (Wildman–Crippen MR) is 153 cm³/mol. The average molecular weight is 587 g/mol. The van der Waals surface area contributed by atoms with Gasteiger partial charge in [0, 0.05) is 18.2 Å². The van der Waals surface area contributed by atoms with E-state index in [4.69, 9.17) is 9.47 Å². The van der Waals surface area contributed by atoms with Crippen molar-refractivity contribution in [2.75, 3.05) is 26.4 Å². The van der Waals surface area contributed by atoms with Crippen LogP contribution in [0.25, 0.3) is 0 Å². The maximum Gasteiger partial charge on any atom is 0.416 e. The lowest BCUT2D eigenvalue weighted by Crippen LogP contribution is -2.49. The highest BCUT2D eigenvalue weighted by Gasteiger charge is 2.51. The zero-order valence-electron chi connectivity index (χ0n) is 24.9. The number of fused-ring (bicyclic) bond motifs is 1. The minimum atomic E-state index is -4.45. The minimum absolute atomic E-state index is 0.0261. The topological polar surface area (TPSA) is 59.1 Å². The molecule has 0 radical (unpaired) electrons. The Labute approximate surface area is 246 Å². The number of halogens is 3. The van der Waals surface area contributed by atoms with Gasteiger partial charge in [-0.1, -0.05) is 32.9 Å². The first-order valence-electron chi connectivity index (χ1n) is 15.1. The number of piperidine rings is 1. The van der Waals surface area contributed by atoms with E-state index in [1.54, 1.807) is 17.9 Å². The van der Waals surface area contributed by atoms with Gasteiger partial charge in [-0.2, -0.15) is 13.2 Å². The number of esters is 1. The second-order valence-electron chi connectivity index (χ2n) is 12.5. The van der Waals surface area contributed by atoms with Crippen LogP contribution >= 0.6 is 0 Å². The third-order valence-electron chi connectivity index (χ3n) is 9.75. The number of hydrogen-bond donors (Lipinski definition) is 0. The van der Waals surface area contributed by atoms with Crippen LogP contribution < -0.4 is 4.74 Å². The monoisotopic (exact) mass is 586 g/mol. The van der Waals surface area contributed by atoms with E-state index in [2.05, 4.69) is 31.7 Å². The van der Waals surface area contributed by atoms with Gasteiger partial charge in [0.1, 0.15) is 5.75 Å². The van der Waals surface area contributed by atoms with E-state index in [0.29, 0.717) is 35.3 Å². The van der Waals surface area contributed by atoms with Gasteiger partial charge in [-0.15, -0.1) is 0 Å². The summed E-state index contributed by atoms with van der Waals surface area (Å²) in [6.45, 7) is 10.5. The van der Waals surface area contributed by atoms with Crippen molar-refractivity contribution < 1.29 is 32.2 Å². The summed E-state index contributed by atoms with van der Waals surface area (Å²) < 4.78 is 50.9. The summed E-state index contributed by atoms with van der Waals surface area (Å²) in [4.78, 5) is 30.5. The molecular formula is C33H41F3N2O4. The van der Waals surface area contributed by atoms with E-state index in [9.17, 15) is 22.8 Å². The van der Waals surface area contributed by atoms with Crippen molar-refractivity contribution in [1.82, 2.24) is 9.80 Å². The fourth-order valence-corrected chi connectivity index (χ4v) is 7.31. The number of ether oxygens (including phenoxy) is 2. The minimum Gasteiger partial charge on any atom is -0.473 e. The van der Waals surface area contributed by atoms with Gasteiger partial charge in [-0.3, -0.25) is 4.79 Å². The molecule has 2 aromatic rings. The van der Waals surface area contributed by atoms with E-state index in [1.165, 1.54) is 6.07 Å². The Morgan fingerprint density at radius 1 is 1.14 bits per heavy atom. The van der Waals surface area contributed by atoms with E-state index >= 15 is 0 Å². The number of amides is 1. The third kappa shape index (κ3) is 5.90. The van der Waals surface area contributed by atoms with Gasteiger partial charge >= 0.3 is 12.1 Å². The Balaban J connectivity index is 1.26. The molecule has 2 unspecified atom stereocenters. The Kier molecular flexibility index (Phi) is 8.61. The molecule has 2 aliphatic heterocycles. The van der Waals surface area contributed by atoms with Gasteiger partial charge < -0.3 is 19.3 Å². The summed E-state index contributed by atoms with van der Waals surface area (Å²) in [5, 5.41) is 0. The molecule has 0 N–H and O–H groups in total. The highest BCUT2D eigenvalue weighted by atomic mass is 19.4.